The number of urea groups is 1. The number of carbonyl (C=O) groups is 2. The zero-order valence-corrected chi connectivity index (χ0v) is 12.5. The molecule has 3 heterocycles. The molecule has 3 rings (SSSR count). The van der Waals surface area contributed by atoms with E-state index in [1.165, 1.54) is 6.20 Å². The maximum Gasteiger partial charge on any atom is 0.325 e. The number of hydrogen-bond acceptors (Lipinski definition) is 4. The Hall–Kier alpha value is -2.47. The van der Waals surface area contributed by atoms with Crippen molar-refractivity contribution in [2.45, 2.75) is 19.0 Å². The lowest BCUT2D eigenvalue weighted by atomic mass is 9.97. The number of aromatic nitrogens is 2. The number of imide groups is 1. The highest BCUT2D eigenvalue weighted by atomic mass is 35.5. The molecule has 1 aliphatic heterocycles. The number of nitrogens with zero attached hydrogens (tertiary/aromatic N) is 3. The van der Waals surface area contributed by atoms with Crippen LogP contribution in [0, 0.1) is 0 Å². The summed E-state index contributed by atoms with van der Waals surface area (Å²) in [6.45, 7) is 1.73. The quantitative estimate of drug-likeness (QED) is 0.880. The van der Waals surface area contributed by atoms with Crippen molar-refractivity contribution in [1.29, 1.82) is 0 Å². The van der Waals surface area contributed by atoms with E-state index in [1.807, 2.05) is 0 Å². The minimum atomic E-state index is -1.16. The van der Waals surface area contributed by atoms with Crippen LogP contribution in [0.3, 0.4) is 0 Å². The van der Waals surface area contributed by atoms with Gasteiger partial charge in [0.2, 0.25) is 0 Å². The Balaban J connectivity index is 1.87. The summed E-state index contributed by atoms with van der Waals surface area (Å²) in [6.07, 6.45) is 3.07. The molecule has 7 heteroatoms. The highest BCUT2D eigenvalue weighted by Gasteiger charge is 2.49. The molecule has 0 aliphatic carbocycles. The van der Waals surface area contributed by atoms with Crippen LogP contribution in [0.25, 0.3) is 0 Å². The van der Waals surface area contributed by atoms with Crippen molar-refractivity contribution in [3.8, 4) is 0 Å². The third-order valence-electron chi connectivity index (χ3n) is 3.56. The molecular formula is C15H13ClN4O2. The third-order valence-corrected chi connectivity index (χ3v) is 3.78. The molecule has 0 unspecified atom stereocenters. The Morgan fingerprint density at radius 1 is 1.23 bits per heavy atom. The van der Waals surface area contributed by atoms with Gasteiger partial charge in [-0.15, -0.1) is 0 Å². The summed E-state index contributed by atoms with van der Waals surface area (Å²) in [5.41, 5.74) is -0.0804. The van der Waals surface area contributed by atoms with Gasteiger partial charge in [0, 0.05) is 12.4 Å². The molecule has 1 N–H and O–H groups in total. The summed E-state index contributed by atoms with van der Waals surface area (Å²) in [5.74, 6) is -0.354. The van der Waals surface area contributed by atoms with E-state index in [-0.39, 0.29) is 12.5 Å². The predicted molar refractivity (Wildman–Crippen MR) is 79.9 cm³/mol. The highest BCUT2D eigenvalue weighted by molar-refractivity contribution is 6.30. The molecule has 112 valence electrons. The first-order chi connectivity index (χ1) is 10.5. The van der Waals surface area contributed by atoms with Crippen molar-refractivity contribution in [2.24, 2.45) is 0 Å². The first-order valence-electron chi connectivity index (χ1n) is 6.67. The number of halogens is 1. The fourth-order valence-corrected chi connectivity index (χ4v) is 2.45. The second-order valence-corrected chi connectivity index (χ2v) is 5.57. The maximum absolute atomic E-state index is 12.7. The van der Waals surface area contributed by atoms with Gasteiger partial charge < -0.3 is 5.32 Å². The van der Waals surface area contributed by atoms with Gasteiger partial charge in [-0.3, -0.25) is 19.7 Å². The fraction of sp³-hybridized carbons (Fsp3) is 0.200. The average molecular weight is 317 g/mol. The molecule has 0 bridgehead atoms. The Bertz CT molecular complexity index is 720. The molecule has 0 aromatic carbocycles. The Labute approximate surface area is 132 Å². The normalized spacial score (nSPS) is 21.1. The molecule has 2 aromatic rings. The lowest BCUT2D eigenvalue weighted by molar-refractivity contribution is -0.131. The fourth-order valence-electron chi connectivity index (χ4n) is 2.33. The van der Waals surface area contributed by atoms with Crippen molar-refractivity contribution in [3.05, 3.63) is 59.1 Å². The second-order valence-electron chi connectivity index (χ2n) is 5.13. The summed E-state index contributed by atoms with van der Waals surface area (Å²) in [6, 6.07) is 8.12. The van der Waals surface area contributed by atoms with Crippen molar-refractivity contribution in [3.63, 3.8) is 0 Å². The number of carbonyl (C=O) groups excluding carboxylic acids is 2. The lowest BCUT2D eigenvalue weighted by Gasteiger charge is -2.20. The monoisotopic (exact) mass is 316 g/mol. The predicted octanol–water partition coefficient (Wildman–Crippen LogP) is 2.10. The molecule has 6 nitrogen and oxygen atoms in total. The number of nitrogens with one attached hydrogen (secondary N) is 1. The van der Waals surface area contributed by atoms with Crippen LogP contribution in [0.5, 0.6) is 0 Å². The minimum Gasteiger partial charge on any atom is -0.318 e. The topological polar surface area (TPSA) is 75.2 Å². The van der Waals surface area contributed by atoms with Gasteiger partial charge in [-0.1, -0.05) is 17.7 Å². The number of pyridine rings is 2. The molecule has 2 aromatic heterocycles. The molecule has 1 atom stereocenters. The van der Waals surface area contributed by atoms with Crippen LogP contribution in [-0.4, -0.2) is 26.8 Å². The molecule has 0 radical (unpaired) electrons. The van der Waals surface area contributed by atoms with E-state index < -0.39 is 11.6 Å². The molecule has 0 spiro atoms. The van der Waals surface area contributed by atoms with Crippen LogP contribution < -0.4 is 5.32 Å². The van der Waals surface area contributed by atoms with Gasteiger partial charge in [0.15, 0.2) is 5.54 Å². The Kier molecular flexibility index (Phi) is 3.54. The third kappa shape index (κ3) is 2.42. The SMILES string of the molecule is C[C@@]1(c2ccccn2)NC(=O)N(Cc2ccc(Cl)cn2)C1=O. The second kappa shape index (κ2) is 5.38. The van der Waals surface area contributed by atoms with Crippen LogP contribution >= 0.6 is 11.6 Å². The van der Waals surface area contributed by atoms with Gasteiger partial charge in [0.25, 0.3) is 5.91 Å². The molecule has 1 fully saturated rings. The van der Waals surface area contributed by atoms with Crippen LogP contribution in [0.1, 0.15) is 18.3 Å². The van der Waals surface area contributed by atoms with Crippen LogP contribution in [0.2, 0.25) is 5.02 Å². The van der Waals surface area contributed by atoms with Gasteiger partial charge in [-0.2, -0.15) is 0 Å². The summed E-state index contributed by atoms with van der Waals surface area (Å²) in [5, 5.41) is 3.20. The van der Waals surface area contributed by atoms with E-state index in [9.17, 15) is 9.59 Å². The molecule has 1 saturated heterocycles. The first kappa shape index (κ1) is 14.5. The van der Waals surface area contributed by atoms with Gasteiger partial charge in [-0.05, 0) is 31.2 Å². The van der Waals surface area contributed by atoms with E-state index in [4.69, 9.17) is 11.6 Å². The van der Waals surface area contributed by atoms with Gasteiger partial charge in [0.05, 0.1) is 23.0 Å². The Morgan fingerprint density at radius 2 is 2.05 bits per heavy atom. The standard InChI is InChI=1S/C15H13ClN4O2/c1-15(12-4-2-3-7-17-12)13(21)20(14(22)19-15)9-11-6-5-10(16)8-18-11/h2-8H,9H2,1H3,(H,19,22)/t15-/m0/s1. The smallest absolute Gasteiger partial charge is 0.318 e. The van der Waals surface area contributed by atoms with E-state index in [0.717, 1.165) is 4.90 Å². The zero-order chi connectivity index (χ0) is 15.7. The first-order valence-corrected chi connectivity index (χ1v) is 7.04. The molecule has 1 aliphatic rings. The minimum absolute atomic E-state index is 0.0876. The van der Waals surface area contributed by atoms with Crippen LogP contribution in [-0.2, 0) is 16.9 Å². The van der Waals surface area contributed by atoms with Crippen molar-refractivity contribution in [1.82, 2.24) is 20.2 Å². The average Bonchev–Trinajstić information content (AvgIpc) is 2.75. The van der Waals surface area contributed by atoms with Gasteiger partial charge in [-0.25, -0.2) is 4.79 Å². The van der Waals surface area contributed by atoms with E-state index in [1.54, 1.807) is 43.5 Å². The van der Waals surface area contributed by atoms with Crippen LogP contribution in [0.4, 0.5) is 4.79 Å². The number of amides is 3. The maximum atomic E-state index is 12.7. The summed E-state index contributed by atoms with van der Waals surface area (Å²) < 4.78 is 0. The molecule has 0 saturated carbocycles. The summed E-state index contributed by atoms with van der Waals surface area (Å²) in [7, 11) is 0. The highest BCUT2D eigenvalue weighted by Crippen LogP contribution is 2.28. The van der Waals surface area contributed by atoms with E-state index in [0.29, 0.717) is 16.4 Å². The number of hydrogen-bond donors (Lipinski definition) is 1. The van der Waals surface area contributed by atoms with Gasteiger partial charge >= 0.3 is 6.03 Å². The summed E-state index contributed by atoms with van der Waals surface area (Å²) >= 11 is 5.78. The van der Waals surface area contributed by atoms with Crippen molar-refractivity contribution >= 4 is 23.5 Å². The van der Waals surface area contributed by atoms with Crippen molar-refractivity contribution < 1.29 is 9.59 Å². The molecular weight excluding hydrogens is 304 g/mol. The van der Waals surface area contributed by atoms with E-state index >= 15 is 0 Å². The molecule has 22 heavy (non-hydrogen) atoms. The van der Waals surface area contributed by atoms with Crippen LogP contribution in [0.15, 0.2) is 42.7 Å². The lowest BCUT2D eigenvalue weighted by Crippen LogP contribution is -2.41. The summed E-state index contributed by atoms with van der Waals surface area (Å²) in [4.78, 5) is 34.2. The number of rotatable bonds is 3. The zero-order valence-electron chi connectivity index (χ0n) is 11.8. The Morgan fingerprint density at radius 3 is 2.68 bits per heavy atom. The van der Waals surface area contributed by atoms with Gasteiger partial charge in [0.1, 0.15) is 0 Å². The van der Waals surface area contributed by atoms with Crippen molar-refractivity contribution in [2.75, 3.05) is 0 Å². The van der Waals surface area contributed by atoms with E-state index in [2.05, 4.69) is 15.3 Å². The molecule has 3 amide bonds. The largest absolute Gasteiger partial charge is 0.325 e.